The number of fused-ring (bicyclic) bond motifs is 1. The molecular formula is C19H20BrNO4. The molecule has 1 aliphatic rings. The molecule has 1 heterocycles. The molecule has 0 aromatic heterocycles. The topological polar surface area (TPSA) is 56.8 Å². The van der Waals surface area contributed by atoms with Crippen LogP contribution in [-0.4, -0.2) is 26.7 Å². The monoisotopic (exact) mass is 405 g/mol. The highest BCUT2D eigenvalue weighted by Crippen LogP contribution is 2.31. The first-order valence-electron chi connectivity index (χ1n) is 8.00. The molecule has 2 aromatic rings. The summed E-state index contributed by atoms with van der Waals surface area (Å²) in [4.78, 5) is 12.5. The fraction of sp³-hybridized carbons (Fsp3) is 0.316. The van der Waals surface area contributed by atoms with Gasteiger partial charge in [0.15, 0.2) is 0 Å². The van der Waals surface area contributed by atoms with Gasteiger partial charge in [0, 0.05) is 16.6 Å². The largest absolute Gasteiger partial charge is 0.497 e. The number of carbonyl (C=O) groups excluding carboxylic acids is 1. The van der Waals surface area contributed by atoms with Crippen molar-refractivity contribution in [3.63, 3.8) is 0 Å². The van der Waals surface area contributed by atoms with Crippen LogP contribution in [0.5, 0.6) is 17.2 Å². The second kappa shape index (κ2) is 7.78. The highest BCUT2D eigenvalue weighted by Gasteiger charge is 2.26. The van der Waals surface area contributed by atoms with E-state index in [0.29, 0.717) is 19.6 Å². The lowest BCUT2D eigenvalue weighted by molar-refractivity contribution is -0.126. The first kappa shape index (κ1) is 17.6. The normalized spacial score (nSPS) is 15.7. The number of carbonyl (C=O) groups is 1. The van der Waals surface area contributed by atoms with Crippen molar-refractivity contribution in [3.8, 4) is 17.2 Å². The minimum atomic E-state index is -0.224. The summed E-state index contributed by atoms with van der Waals surface area (Å²) in [5.74, 6) is 2.08. The van der Waals surface area contributed by atoms with Crippen molar-refractivity contribution in [2.75, 3.05) is 20.8 Å². The van der Waals surface area contributed by atoms with E-state index in [1.165, 1.54) is 0 Å². The van der Waals surface area contributed by atoms with Crippen molar-refractivity contribution in [1.29, 1.82) is 0 Å². The van der Waals surface area contributed by atoms with Crippen molar-refractivity contribution >= 4 is 21.8 Å². The number of amides is 1. The highest BCUT2D eigenvalue weighted by atomic mass is 79.9. The van der Waals surface area contributed by atoms with E-state index in [4.69, 9.17) is 14.2 Å². The van der Waals surface area contributed by atoms with Crippen LogP contribution in [0.15, 0.2) is 40.9 Å². The van der Waals surface area contributed by atoms with E-state index in [2.05, 4.69) is 21.2 Å². The molecular weight excluding hydrogens is 386 g/mol. The van der Waals surface area contributed by atoms with Crippen LogP contribution >= 0.6 is 15.9 Å². The molecule has 2 aromatic carbocycles. The predicted octanol–water partition coefficient (Wildman–Crippen LogP) is 3.33. The summed E-state index contributed by atoms with van der Waals surface area (Å²) in [7, 11) is 3.24. The van der Waals surface area contributed by atoms with Crippen LogP contribution < -0.4 is 19.5 Å². The van der Waals surface area contributed by atoms with Gasteiger partial charge in [-0.1, -0.05) is 15.9 Å². The maximum absolute atomic E-state index is 12.5. The molecule has 6 heteroatoms. The summed E-state index contributed by atoms with van der Waals surface area (Å²) in [6.07, 6.45) is 0.633. The molecule has 1 atom stereocenters. The summed E-state index contributed by atoms with van der Waals surface area (Å²) >= 11 is 3.44. The number of benzene rings is 2. The molecule has 0 spiro atoms. The minimum Gasteiger partial charge on any atom is -0.497 e. The van der Waals surface area contributed by atoms with Gasteiger partial charge in [-0.15, -0.1) is 0 Å². The zero-order valence-electron chi connectivity index (χ0n) is 14.2. The van der Waals surface area contributed by atoms with Crippen molar-refractivity contribution in [3.05, 3.63) is 52.0 Å². The summed E-state index contributed by atoms with van der Waals surface area (Å²) in [5, 5.41) is 2.98. The predicted molar refractivity (Wildman–Crippen MR) is 98.2 cm³/mol. The van der Waals surface area contributed by atoms with Gasteiger partial charge in [0.25, 0.3) is 0 Å². The summed E-state index contributed by atoms with van der Waals surface area (Å²) < 4.78 is 17.3. The molecule has 0 aliphatic carbocycles. The summed E-state index contributed by atoms with van der Waals surface area (Å²) in [6, 6.07) is 11.4. The molecule has 1 N–H and O–H groups in total. The van der Waals surface area contributed by atoms with Crippen molar-refractivity contribution in [2.24, 2.45) is 5.92 Å². The van der Waals surface area contributed by atoms with Gasteiger partial charge in [-0.2, -0.15) is 0 Å². The van der Waals surface area contributed by atoms with Gasteiger partial charge < -0.3 is 19.5 Å². The molecule has 0 saturated heterocycles. The standard InChI is InChI=1S/C19H20BrNO4/c1-23-16-4-6-18-12(9-16)7-14(11-25-18)19(22)21-10-13-8-15(20)3-5-17(13)24-2/h3-6,8-9,14H,7,10-11H2,1-2H3,(H,21,22). The number of hydrogen-bond donors (Lipinski definition) is 1. The van der Waals surface area contributed by atoms with Gasteiger partial charge in [0.05, 0.1) is 20.1 Å². The van der Waals surface area contributed by atoms with E-state index >= 15 is 0 Å². The Hall–Kier alpha value is -2.21. The minimum absolute atomic E-state index is 0.0319. The SMILES string of the molecule is COc1ccc2c(c1)CC(C(=O)NCc1cc(Br)ccc1OC)CO2. The quantitative estimate of drug-likeness (QED) is 0.828. The first-order chi connectivity index (χ1) is 12.1. The molecule has 1 amide bonds. The Morgan fingerprint density at radius 3 is 2.84 bits per heavy atom. The smallest absolute Gasteiger partial charge is 0.227 e. The number of nitrogens with one attached hydrogen (secondary N) is 1. The van der Waals surface area contributed by atoms with Crippen molar-refractivity contribution in [1.82, 2.24) is 5.32 Å². The van der Waals surface area contributed by atoms with Gasteiger partial charge in [-0.05, 0) is 48.4 Å². The Balaban J connectivity index is 1.65. The van der Waals surface area contributed by atoms with Crippen LogP contribution in [0.25, 0.3) is 0 Å². The van der Waals surface area contributed by atoms with Crippen LogP contribution in [-0.2, 0) is 17.8 Å². The van der Waals surface area contributed by atoms with E-state index < -0.39 is 0 Å². The fourth-order valence-electron chi connectivity index (χ4n) is 2.88. The average Bonchev–Trinajstić information content (AvgIpc) is 2.65. The Labute approximate surface area is 155 Å². The lowest BCUT2D eigenvalue weighted by atomic mass is 9.95. The lowest BCUT2D eigenvalue weighted by Gasteiger charge is -2.25. The Morgan fingerprint density at radius 1 is 1.24 bits per heavy atom. The van der Waals surface area contributed by atoms with E-state index in [0.717, 1.165) is 32.8 Å². The number of rotatable bonds is 5. The zero-order chi connectivity index (χ0) is 17.8. The van der Waals surface area contributed by atoms with Gasteiger partial charge in [-0.3, -0.25) is 4.79 Å². The summed E-state index contributed by atoms with van der Waals surface area (Å²) in [6.45, 7) is 0.781. The molecule has 132 valence electrons. The molecule has 25 heavy (non-hydrogen) atoms. The van der Waals surface area contributed by atoms with Crippen LogP contribution in [0.3, 0.4) is 0 Å². The molecule has 0 saturated carbocycles. The van der Waals surface area contributed by atoms with E-state index in [1.807, 2.05) is 36.4 Å². The van der Waals surface area contributed by atoms with Gasteiger partial charge >= 0.3 is 0 Å². The van der Waals surface area contributed by atoms with Crippen LogP contribution in [0.4, 0.5) is 0 Å². The number of methoxy groups -OCH3 is 2. The number of ether oxygens (including phenoxy) is 3. The van der Waals surface area contributed by atoms with Gasteiger partial charge in [-0.25, -0.2) is 0 Å². The maximum atomic E-state index is 12.5. The third-order valence-electron chi connectivity index (χ3n) is 4.24. The first-order valence-corrected chi connectivity index (χ1v) is 8.80. The van der Waals surface area contributed by atoms with E-state index in [-0.39, 0.29) is 11.8 Å². The Kier molecular flexibility index (Phi) is 5.48. The molecule has 3 rings (SSSR count). The third-order valence-corrected chi connectivity index (χ3v) is 4.73. The second-order valence-corrected chi connectivity index (χ2v) is 6.78. The number of hydrogen-bond acceptors (Lipinski definition) is 4. The Morgan fingerprint density at radius 2 is 2.08 bits per heavy atom. The average molecular weight is 406 g/mol. The molecule has 1 aliphatic heterocycles. The van der Waals surface area contributed by atoms with Crippen molar-refractivity contribution in [2.45, 2.75) is 13.0 Å². The number of halogens is 1. The van der Waals surface area contributed by atoms with Gasteiger partial charge in [0.2, 0.25) is 5.91 Å². The Bertz CT molecular complexity index is 778. The fourth-order valence-corrected chi connectivity index (χ4v) is 3.29. The van der Waals surface area contributed by atoms with E-state index in [9.17, 15) is 4.79 Å². The highest BCUT2D eigenvalue weighted by molar-refractivity contribution is 9.10. The van der Waals surface area contributed by atoms with Gasteiger partial charge in [0.1, 0.15) is 23.9 Å². The third kappa shape index (κ3) is 4.07. The summed E-state index contributed by atoms with van der Waals surface area (Å²) in [5.41, 5.74) is 1.91. The molecule has 0 fully saturated rings. The van der Waals surface area contributed by atoms with Crippen molar-refractivity contribution < 1.29 is 19.0 Å². The second-order valence-electron chi connectivity index (χ2n) is 5.86. The molecule has 0 radical (unpaired) electrons. The van der Waals surface area contributed by atoms with Crippen LogP contribution in [0, 0.1) is 5.92 Å². The maximum Gasteiger partial charge on any atom is 0.227 e. The van der Waals surface area contributed by atoms with Crippen LogP contribution in [0.2, 0.25) is 0 Å². The molecule has 5 nitrogen and oxygen atoms in total. The lowest BCUT2D eigenvalue weighted by Crippen LogP contribution is -2.37. The zero-order valence-corrected chi connectivity index (χ0v) is 15.8. The van der Waals surface area contributed by atoms with Crippen LogP contribution in [0.1, 0.15) is 11.1 Å². The van der Waals surface area contributed by atoms with E-state index in [1.54, 1.807) is 14.2 Å². The molecule has 0 bridgehead atoms. The molecule has 1 unspecified atom stereocenters.